The van der Waals surface area contributed by atoms with Gasteiger partial charge in [0.2, 0.25) is 5.78 Å². The van der Waals surface area contributed by atoms with E-state index in [9.17, 15) is 19.2 Å². The summed E-state index contributed by atoms with van der Waals surface area (Å²) in [5.41, 5.74) is 0. The van der Waals surface area contributed by atoms with Gasteiger partial charge in [-0.2, -0.15) is 0 Å². The van der Waals surface area contributed by atoms with E-state index in [1.54, 1.807) is 6.92 Å². The van der Waals surface area contributed by atoms with Crippen LogP contribution in [0.3, 0.4) is 0 Å². The van der Waals surface area contributed by atoms with Crippen molar-refractivity contribution in [2.45, 2.75) is 39.5 Å². The van der Waals surface area contributed by atoms with Crippen molar-refractivity contribution in [3.05, 3.63) is 12.2 Å². The van der Waals surface area contributed by atoms with Crippen molar-refractivity contribution in [2.24, 2.45) is 5.92 Å². The lowest BCUT2D eigenvalue weighted by Crippen LogP contribution is -2.22. The summed E-state index contributed by atoms with van der Waals surface area (Å²) in [6, 6.07) is 0. The first-order valence-corrected chi connectivity index (χ1v) is 6.08. The Morgan fingerprint density at radius 2 is 1.89 bits per heavy atom. The third kappa shape index (κ3) is 7.86. The lowest BCUT2D eigenvalue weighted by atomic mass is 9.98. The van der Waals surface area contributed by atoms with Crippen LogP contribution in [0.1, 0.15) is 39.5 Å². The van der Waals surface area contributed by atoms with Gasteiger partial charge in [0.15, 0.2) is 0 Å². The van der Waals surface area contributed by atoms with Gasteiger partial charge in [0.1, 0.15) is 6.29 Å². The van der Waals surface area contributed by atoms with Gasteiger partial charge in [0.05, 0.1) is 0 Å². The highest BCUT2D eigenvalue weighted by Crippen LogP contribution is 2.11. The van der Waals surface area contributed by atoms with Crippen LogP contribution in [0, 0.1) is 5.92 Å². The maximum absolute atomic E-state index is 11.4. The molecule has 0 spiro atoms. The summed E-state index contributed by atoms with van der Waals surface area (Å²) in [6.45, 7) is 3.54. The van der Waals surface area contributed by atoms with Crippen molar-refractivity contribution in [1.82, 2.24) is 0 Å². The Hall–Kier alpha value is -1.98. The van der Waals surface area contributed by atoms with E-state index < -0.39 is 23.6 Å². The summed E-state index contributed by atoms with van der Waals surface area (Å²) in [6.07, 6.45) is 5.07. The van der Waals surface area contributed by atoms with E-state index in [1.165, 1.54) is 6.08 Å². The van der Waals surface area contributed by atoms with Crippen LogP contribution in [-0.2, 0) is 29.0 Å². The fraction of sp³-hybridized carbons (Fsp3) is 0.538. The van der Waals surface area contributed by atoms with E-state index in [1.807, 2.05) is 6.92 Å². The Morgan fingerprint density at radius 3 is 2.42 bits per heavy atom. The first kappa shape index (κ1) is 17.0. The largest absolute Gasteiger partial charge is 0.421 e. The highest BCUT2D eigenvalue weighted by atomic mass is 17.2. The molecule has 0 rings (SSSR count). The van der Waals surface area contributed by atoms with Crippen LogP contribution < -0.4 is 0 Å². The molecule has 0 radical (unpaired) electrons. The zero-order valence-corrected chi connectivity index (χ0v) is 11.1. The molecule has 0 aromatic carbocycles. The van der Waals surface area contributed by atoms with Crippen LogP contribution in [0.15, 0.2) is 12.2 Å². The molecule has 0 aliphatic rings. The zero-order chi connectivity index (χ0) is 14.7. The van der Waals surface area contributed by atoms with Crippen LogP contribution in [0.5, 0.6) is 0 Å². The lowest BCUT2D eigenvalue weighted by Gasteiger charge is -2.07. The van der Waals surface area contributed by atoms with E-state index in [0.29, 0.717) is 12.7 Å². The number of allylic oxidation sites excluding steroid dienone is 1. The van der Waals surface area contributed by atoms with Crippen molar-refractivity contribution in [3.8, 4) is 0 Å². The van der Waals surface area contributed by atoms with Crippen LogP contribution in [0.25, 0.3) is 0 Å². The van der Waals surface area contributed by atoms with Crippen LogP contribution in [0.2, 0.25) is 0 Å². The molecule has 0 amide bonds. The minimum Gasteiger partial charge on any atom is -0.303 e. The van der Waals surface area contributed by atoms with E-state index >= 15 is 0 Å². The predicted molar refractivity (Wildman–Crippen MR) is 65.7 cm³/mol. The number of Topliss-reactive ketones (excluding diaryl/α,β-unsaturated/α-hetero) is 1. The van der Waals surface area contributed by atoms with Gasteiger partial charge in [-0.3, -0.25) is 4.79 Å². The Kier molecular flexibility index (Phi) is 8.95. The second kappa shape index (κ2) is 9.99. The summed E-state index contributed by atoms with van der Waals surface area (Å²) >= 11 is 0. The standard InChI is InChI=1S/C13H18O6/c1-3-5-7-10(9-14)8-11(15)13(17)19-18-12(16)6-4-2/h4,6,9-10H,3,5,7-8H2,1-2H3/b6-4+. The van der Waals surface area contributed by atoms with Crippen molar-refractivity contribution >= 4 is 24.0 Å². The molecule has 1 unspecified atom stereocenters. The zero-order valence-electron chi connectivity index (χ0n) is 11.1. The van der Waals surface area contributed by atoms with Crippen LogP contribution >= 0.6 is 0 Å². The predicted octanol–water partition coefficient (Wildman–Crippen LogP) is 1.53. The summed E-state index contributed by atoms with van der Waals surface area (Å²) in [4.78, 5) is 52.3. The first-order chi connectivity index (χ1) is 9.04. The molecule has 106 valence electrons. The molecular weight excluding hydrogens is 252 g/mol. The average molecular weight is 270 g/mol. The molecule has 0 bridgehead atoms. The Balaban J connectivity index is 4.14. The highest BCUT2D eigenvalue weighted by molar-refractivity contribution is 6.33. The fourth-order valence-corrected chi connectivity index (χ4v) is 1.30. The second-order valence-electron chi connectivity index (χ2n) is 3.94. The molecule has 0 saturated carbocycles. The molecule has 6 heteroatoms. The SMILES string of the molecule is C/C=C/C(=O)OOC(=O)C(=O)CC(C=O)CCCC. The smallest absolute Gasteiger partial charge is 0.303 e. The van der Waals surface area contributed by atoms with Crippen LogP contribution in [0.4, 0.5) is 0 Å². The molecule has 0 saturated heterocycles. The normalized spacial score (nSPS) is 11.9. The number of carbonyl (C=O) groups excluding carboxylic acids is 4. The van der Waals surface area contributed by atoms with Gasteiger partial charge in [0, 0.05) is 18.4 Å². The van der Waals surface area contributed by atoms with E-state index in [4.69, 9.17) is 0 Å². The topological polar surface area (TPSA) is 86.7 Å². The lowest BCUT2D eigenvalue weighted by molar-refractivity contribution is -0.252. The molecule has 0 aromatic heterocycles. The number of aldehydes is 1. The van der Waals surface area contributed by atoms with E-state index in [0.717, 1.165) is 18.9 Å². The molecule has 0 aliphatic carbocycles. The molecule has 1 atom stereocenters. The highest BCUT2D eigenvalue weighted by Gasteiger charge is 2.22. The summed E-state index contributed by atoms with van der Waals surface area (Å²) in [7, 11) is 0. The minimum absolute atomic E-state index is 0.233. The van der Waals surface area contributed by atoms with Crippen molar-refractivity contribution in [1.29, 1.82) is 0 Å². The number of ketones is 1. The van der Waals surface area contributed by atoms with Gasteiger partial charge in [-0.15, -0.1) is 0 Å². The Morgan fingerprint density at radius 1 is 1.21 bits per heavy atom. The Bertz CT molecular complexity index is 358. The quantitative estimate of drug-likeness (QED) is 0.218. The molecule has 19 heavy (non-hydrogen) atoms. The maximum atomic E-state index is 11.4. The van der Waals surface area contributed by atoms with Crippen molar-refractivity contribution in [2.75, 3.05) is 0 Å². The van der Waals surface area contributed by atoms with Gasteiger partial charge in [0.25, 0.3) is 0 Å². The Labute approximate surface area is 111 Å². The number of hydrogen-bond donors (Lipinski definition) is 0. The second-order valence-corrected chi connectivity index (χ2v) is 3.94. The van der Waals surface area contributed by atoms with Gasteiger partial charge in [-0.1, -0.05) is 25.8 Å². The maximum Gasteiger partial charge on any atom is 0.421 e. The molecular formula is C13H18O6. The molecule has 0 aromatic rings. The van der Waals surface area contributed by atoms with Gasteiger partial charge >= 0.3 is 11.9 Å². The number of hydrogen-bond acceptors (Lipinski definition) is 6. The third-order valence-corrected chi connectivity index (χ3v) is 2.30. The van der Waals surface area contributed by atoms with Gasteiger partial charge in [-0.05, 0) is 13.3 Å². The third-order valence-electron chi connectivity index (χ3n) is 2.30. The molecule has 0 fully saturated rings. The van der Waals surface area contributed by atoms with E-state index in [2.05, 4.69) is 9.78 Å². The molecule has 0 heterocycles. The van der Waals surface area contributed by atoms with Gasteiger partial charge < -0.3 is 4.79 Å². The summed E-state index contributed by atoms with van der Waals surface area (Å²) < 4.78 is 0. The number of unbranched alkanes of at least 4 members (excludes halogenated alkanes) is 1. The fourth-order valence-electron chi connectivity index (χ4n) is 1.30. The average Bonchev–Trinajstić information content (AvgIpc) is 2.40. The molecule has 0 aliphatic heterocycles. The van der Waals surface area contributed by atoms with Crippen LogP contribution in [-0.4, -0.2) is 24.0 Å². The van der Waals surface area contributed by atoms with Crippen molar-refractivity contribution < 1.29 is 29.0 Å². The summed E-state index contributed by atoms with van der Waals surface area (Å²) in [5, 5.41) is 0. The summed E-state index contributed by atoms with van der Waals surface area (Å²) in [5.74, 6) is -3.56. The first-order valence-electron chi connectivity index (χ1n) is 6.08. The molecule has 0 N–H and O–H groups in total. The molecule has 6 nitrogen and oxygen atoms in total. The van der Waals surface area contributed by atoms with E-state index in [-0.39, 0.29) is 6.42 Å². The monoisotopic (exact) mass is 270 g/mol. The van der Waals surface area contributed by atoms with Gasteiger partial charge in [-0.25, -0.2) is 19.4 Å². The van der Waals surface area contributed by atoms with Crippen molar-refractivity contribution in [3.63, 3.8) is 0 Å². The minimum atomic E-state index is -1.28. The number of rotatable bonds is 8. The number of carbonyl (C=O) groups is 4.